The highest BCUT2D eigenvalue weighted by molar-refractivity contribution is 6.45. The zero-order valence-electron chi connectivity index (χ0n) is 33.5. The van der Waals surface area contributed by atoms with Gasteiger partial charge in [-0.3, -0.25) is 9.59 Å². The fraction of sp³-hybridized carbons (Fsp3) is 0.0370. The Morgan fingerprint density at radius 2 is 0.746 bits per heavy atom. The molecule has 12 rings (SSSR count). The monoisotopic (exact) mass is 822 g/mol. The van der Waals surface area contributed by atoms with Gasteiger partial charge in [-0.05, 0) is 114 Å². The number of nitrogens with zero attached hydrogens (tertiary/aromatic N) is 1. The van der Waals surface area contributed by atoms with Crippen LogP contribution >= 0.6 is 0 Å². The van der Waals surface area contributed by atoms with Crippen molar-refractivity contribution in [3.8, 4) is 46.0 Å². The molecule has 63 heavy (non-hydrogen) atoms. The van der Waals surface area contributed by atoms with E-state index in [1.807, 2.05) is 133 Å². The standard InChI is InChI=1S/C54H34N2O7/c55-33-21-23-34(24-22-33)56-53(57)39-27-43(62-37-17-9-3-10-18-37)49-47-41(60-35-13-5-1-6-14-35)25-31-29-59-30-32-26-42(61-36-15-7-2-8-16-36)48(51(47)45(31)32)50-44(63-38-19-11-4-12-20-38)28-40(54(56)58)46(39)52(49)50/h1-28H,29-30,55H2. The van der Waals surface area contributed by atoms with E-state index in [4.69, 9.17) is 29.4 Å². The van der Waals surface area contributed by atoms with Crippen molar-refractivity contribution in [1.82, 2.24) is 0 Å². The number of benzene rings is 10. The number of nitrogen functional groups attached to an aromatic ring is 1. The lowest BCUT2D eigenvalue weighted by Gasteiger charge is -2.31. The van der Waals surface area contributed by atoms with Gasteiger partial charge in [0.2, 0.25) is 0 Å². The second-order valence-electron chi connectivity index (χ2n) is 15.6. The first kappa shape index (κ1) is 36.5. The smallest absolute Gasteiger partial charge is 0.266 e. The summed E-state index contributed by atoms with van der Waals surface area (Å²) < 4.78 is 34.0. The number of anilines is 2. The lowest BCUT2D eigenvalue weighted by Crippen LogP contribution is -2.40. The van der Waals surface area contributed by atoms with Crippen LogP contribution in [0.4, 0.5) is 11.4 Å². The lowest BCUT2D eigenvalue weighted by atomic mass is 9.81. The number of amides is 2. The predicted octanol–water partition coefficient (Wildman–Crippen LogP) is 13.3. The molecule has 10 aromatic carbocycles. The maximum atomic E-state index is 15.1. The number of imide groups is 1. The molecule has 9 heteroatoms. The molecule has 302 valence electrons. The fourth-order valence-electron chi connectivity index (χ4n) is 9.14. The zero-order chi connectivity index (χ0) is 42.2. The number of hydrogen-bond acceptors (Lipinski definition) is 8. The molecule has 0 fully saturated rings. The van der Waals surface area contributed by atoms with Crippen LogP contribution in [0.2, 0.25) is 0 Å². The average molecular weight is 823 g/mol. The average Bonchev–Trinajstić information content (AvgIpc) is 3.31. The summed E-state index contributed by atoms with van der Waals surface area (Å²) in [5, 5.41) is 5.56. The molecule has 2 heterocycles. The SMILES string of the molecule is Nc1ccc(N2C(=O)c3cc(Oc4ccccc4)c4c5c(Oc6ccccc6)cc6c7c(cc(Oc8ccccc8)c(c8c(Oc9ccccc9)cc(c3c48)C2=O)c75)COC6)cc1. The molecule has 2 N–H and O–H groups in total. The van der Waals surface area contributed by atoms with Crippen LogP contribution in [-0.4, -0.2) is 11.8 Å². The number of carbonyl (C=O) groups is 2. The molecule has 0 spiro atoms. The number of rotatable bonds is 9. The maximum Gasteiger partial charge on any atom is 0.266 e. The van der Waals surface area contributed by atoms with Gasteiger partial charge in [0.05, 0.1) is 30.0 Å². The van der Waals surface area contributed by atoms with E-state index in [1.165, 1.54) is 4.90 Å². The highest BCUT2D eigenvalue weighted by Gasteiger charge is 2.39. The third kappa shape index (κ3) is 5.89. The van der Waals surface area contributed by atoms with Crippen molar-refractivity contribution in [2.75, 3.05) is 10.6 Å². The Morgan fingerprint density at radius 3 is 1.13 bits per heavy atom. The minimum absolute atomic E-state index is 0.275. The molecule has 2 aliphatic rings. The van der Waals surface area contributed by atoms with E-state index >= 15 is 9.59 Å². The summed E-state index contributed by atoms with van der Waals surface area (Å²) in [6.45, 7) is 0.691. The van der Waals surface area contributed by atoms with Gasteiger partial charge in [-0.2, -0.15) is 0 Å². The van der Waals surface area contributed by atoms with Crippen molar-refractivity contribution in [2.45, 2.75) is 13.2 Å². The van der Waals surface area contributed by atoms with Gasteiger partial charge in [0.15, 0.2) is 0 Å². The summed E-state index contributed by atoms with van der Waals surface area (Å²) in [4.78, 5) is 31.4. The number of hydrogen-bond donors (Lipinski definition) is 1. The molecule has 0 saturated carbocycles. The largest absolute Gasteiger partial charge is 0.457 e. The number of fused-ring (bicyclic) bond motifs is 2. The van der Waals surface area contributed by atoms with Crippen LogP contribution in [-0.2, 0) is 18.0 Å². The molecule has 0 aromatic heterocycles. The number of para-hydroxylation sites is 4. The Labute approximate surface area is 360 Å². The Kier molecular flexibility index (Phi) is 8.31. The molecule has 0 aliphatic carbocycles. The Balaban J connectivity index is 1.31. The molecule has 0 unspecified atom stereocenters. The lowest BCUT2D eigenvalue weighted by molar-refractivity contribution is 0.0893. The first-order valence-corrected chi connectivity index (χ1v) is 20.6. The molecule has 0 bridgehead atoms. The molecule has 2 amide bonds. The molecular formula is C54H34N2O7. The third-order valence-electron chi connectivity index (χ3n) is 11.7. The second kappa shape index (κ2) is 14.4. The quantitative estimate of drug-likeness (QED) is 0.0663. The van der Waals surface area contributed by atoms with Crippen LogP contribution in [0.1, 0.15) is 31.8 Å². The van der Waals surface area contributed by atoms with Crippen LogP contribution in [0.15, 0.2) is 170 Å². The molecule has 10 aromatic rings. The summed E-state index contributed by atoms with van der Waals surface area (Å²) in [5.41, 5.74) is 9.37. The number of nitrogens with two attached hydrogens (primary N) is 1. The van der Waals surface area contributed by atoms with Crippen molar-refractivity contribution >= 4 is 66.3 Å². The first-order valence-electron chi connectivity index (χ1n) is 20.6. The van der Waals surface area contributed by atoms with Gasteiger partial charge in [-0.1, -0.05) is 72.8 Å². The van der Waals surface area contributed by atoms with Gasteiger partial charge in [0.1, 0.15) is 46.0 Å². The summed E-state index contributed by atoms with van der Waals surface area (Å²) in [5.74, 6) is 3.14. The molecule has 9 nitrogen and oxygen atoms in total. The fourth-order valence-corrected chi connectivity index (χ4v) is 9.14. The molecular weight excluding hydrogens is 789 g/mol. The minimum atomic E-state index is -0.515. The normalized spacial score (nSPS) is 13.3. The zero-order valence-corrected chi connectivity index (χ0v) is 33.5. The highest BCUT2D eigenvalue weighted by Crippen LogP contribution is 2.57. The predicted molar refractivity (Wildman–Crippen MR) is 244 cm³/mol. The minimum Gasteiger partial charge on any atom is -0.457 e. The molecule has 0 atom stereocenters. The summed E-state index contributed by atoms with van der Waals surface area (Å²) in [6.07, 6.45) is 0. The topological polar surface area (TPSA) is 110 Å². The molecule has 0 saturated heterocycles. The van der Waals surface area contributed by atoms with E-state index in [1.54, 1.807) is 36.4 Å². The van der Waals surface area contributed by atoms with Gasteiger partial charge in [-0.25, -0.2) is 4.90 Å². The number of ether oxygens (including phenoxy) is 5. The summed E-state index contributed by atoms with van der Waals surface area (Å²) in [6, 6.07) is 52.3. The van der Waals surface area contributed by atoms with Crippen LogP contribution in [0.25, 0.3) is 43.1 Å². The Morgan fingerprint density at radius 1 is 0.397 bits per heavy atom. The van der Waals surface area contributed by atoms with E-state index in [0.29, 0.717) is 103 Å². The highest BCUT2D eigenvalue weighted by atomic mass is 16.5. The van der Waals surface area contributed by atoms with Crippen molar-refractivity contribution in [2.24, 2.45) is 0 Å². The third-order valence-corrected chi connectivity index (χ3v) is 11.7. The van der Waals surface area contributed by atoms with Crippen molar-refractivity contribution < 1.29 is 33.3 Å². The van der Waals surface area contributed by atoms with Crippen LogP contribution in [0.3, 0.4) is 0 Å². The summed E-state index contributed by atoms with van der Waals surface area (Å²) in [7, 11) is 0. The number of carbonyl (C=O) groups excluding carboxylic acids is 2. The van der Waals surface area contributed by atoms with Crippen LogP contribution in [0.5, 0.6) is 46.0 Å². The van der Waals surface area contributed by atoms with Crippen molar-refractivity contribution in [3.05, 3.63) is 192 Å². The first-order chi connectivity index (χ1) is 31.0. The Bertz CT molecular complexity index is 3250. The van der Waals surface area contributed by atoms with Crippen LogP contribution < -0.4 is 29.6 Å². The Hall–Kier alpha value is -8.40. The second-order valence-corrected chi connectivity index (χ2v) is 15.6. The van der Waals surface area contributed by atoms with E-state index < -0.39 is 11.8 Å². The van der Waals surface area contributed by atoms with Gasteiger partial charge in [-0.15, -0.1) is 0 Å². The van der Waals surface area contributed by atoms with Gasteiger partial charge >= 0.3 is 0 Å². The van der Waals surface area contributed by atoms with E-state index in [-0.39, 0.29) is 11.1 Å². The van der Waals surface area contributed by atoms with Crippen molar-refractivity contribution in [1.29, 1.82) is 0 Å². The van der Waals surface area contributed by atoms with E-state index in [9.17, 15) is 0 Å². The summed E-state index contributed by atoms with van der Waals surface area (Å²) >= 11 is 0. The van der Waals surface area contributed by atoms with E-state index in [2.05, 4.69) is 0 Å². The molecule has 2 aliphatic heterocycles. The van der Waals surface area contributed by atoms with Crippen molar-refractivity contribution in [3.63, 3.8) is 0 Å². The maximum absolute atomic E-state index is 15.1. The van der Waals surface area contributed by atoms with Gasteiger partial charge < -0.3 is 29.4 Å². The van der Waals surface area contributed by atoms with E-state index in [0.717, 1.165) is 21.9 Å². The van der Waals surface area contributed by atoms with Gasteiger partial charge in [0, 0.05) is 43.4 Å². The van der Waals surface area contributed by atoms with Crippen LogP contribution in [0, 0.1) is 0 Å². The van der Waals surface area contributed by atoms with Gasteiger partial charge in [0.25, 0.3) is 11.8 Å². The molecule has 0 radical (unpaired) electrons.